The van der Waals surface area contributed by atoms with Crippen LogP contribution in [0.25, 0.3) is 0 Å². The van der Waals surface area contributed by atoms with Gasteiger partial charge in [-0.1, -0.05) is 32.1 Å². The van der Waals surface area contributed by atoms with Crippen LogP contribution < -0.4 is 10.1 Å². The van der Waals surface area contributed by atoms with Crippen molar-refractivity contribution in [1.82, 2.24) is 10.2 Å². The molecule has 1 saturated carbocycles. The number of ether oxygens (including phenoxy) is 1. The zero-order valence-electron chi connectivity index (χ0n) is 16.6. The Morgan fingerprint density at radius 2 is 2.00 bits per heavy atom. The number of nitrogens with one attached hydrogen (secondary N) is 1. The van der Waals surface area contributed by atoms with E-state index in [9.17, 15) is 0 Å². The van der Waals surface area contributed by atoms with Crippen LogP contribution in [0.3, 0.4) is 0 Å². The predicted molar refractivity (Wildman–Crippen MR) is 108 cm³/mol. The fourth-order valence-electron chi connectivity index (χ4n) is 5.31. The minimum atomic E-state index is 0.719. The molecule has 0 bridgehead atoms. The first-order valence-corrected chi connectivity index (χ1v) is 11.0. The molecule has 2 aliphatic heterocycles. The van der Waals surface area contributed by atoms with Gasteiger partial charge in [-0.3, -0.25) is 0 Å². The molecule has 0 amide bonds. The van der Waals surface area contributed by atoms with Gasteiger partial charge in [0, 0.05) is 12.6 Å². The molecule has 0 aromatic heterocycles. The summed E-state index contributed by atoms with van der Waals surface area (Å²) in [5.41, 5.74) is 4.69. The van der Waals surface area contributed by atoms with Gasteiger partial charge in [-0.2, -0.15) is 0 Å². The van der Waals surface area contributed by atoms with Crippen molar-refractivity contribution in [1.29, 1.82) is 0 Å². The maximum absolute atomic E-state index is 6.26. The highest BCUT2D eigenvalue weighted by Crippen LogP contribution is 2.32. The maximum atomic E-state index is 6.26. The van der Waals surface area contributed by atoms with Crippen molar-refractivity contribution in [3.05, 3.63) is 28.8 Å². The molecule has 3 nitrogen and oxygen atoms in total. The molecular formula is C23H36N2O. The van der Waals surface area contributed by atoms with Gasteiger partial charge in [0.1, 0.15) is 5.75 Å². The fourth-order valence-corrected chi connectivity index (χ4v) is 5.31. The third-order valence-electron chi connectivity index (χ3n) is 6.90. The van der Waals surface area contributed by atoms with Gasteiger partial charge in [-0.15, -0.1) is 0 Å². The molecule has 1 saturated heterocycles. The van der Waals surface area contributed by atoms with Crippen LogP contribution in [0, 0.1) is 5.92 Å². The van der Waals surface area contributed by atoms with Gasteiger partial charge in [0.15, 0.2) is 0 Å². The van der Waals surface area contributed by atoms with Gasteiger partial charge in [0.2, 0.25) is 0 Å². The number of nitrogens with zero attached hydrogens (tertiary/aromatic N) is 1. The van der Waals surface area contributed by atoms with Crippen molar-refractivity contribution in [2.75, 3.05) is 26.7 Å². The highest BCUT2D eigenvalue weighted by atomic mass is 16.5. The Morgan fingerprint density at radius 1 is 1.12 bits per heavy atom. The van der Waals surface area contributed by atoms with Crippen LogP contribution in [-0.2, 0) is 19.4 Å². The zero-order valence-corrected chi connectivity index (χ0v) is 16.6. The quantitative estimate of drug-likeness (QED) is 0.821. The third-order valence-corrected chi connectivity index (χ3v) is 6.90. The highest BCUT2D eigenvalue weighted by Gasteiger charge is 2.22. The fraction of sp³-hybridized carbons (Fsp3) is 0.739. The minimum Gasteiger partial charge on any atom is -0.494 e. The van der Waals surface area contributed by atoms with E-state index in [0.29, 0.717) is 0 Å². The smallest absolute Gasteiger partial charge is 0.119 e. The van der Waals surface area contributed by atoms with Crippen molar-refractivity contribution in [3.8, 4) is 5.75 Å². The van der Waals surface area contributed by atoms with E-state index in [1.165, 1.54) is 69.9 Å². The first-order valence-electron chi connectivity index (χ1n) is 11.0. The van der Waals surface area contributed by atoms with E-state index in [0.717, 1.165) is 43.8 Å². The maximum Gasteiger partial charge on any atom is 0.119 e. The molecule has 1 N–H and O–H groups in total. The van der Waals surface area contributed by atoms with Gasteiger partial charge in [0.25, 0.3) is 0 Å². The SMILES string of the molecule is CN1CCC[C@H]1CCOc1cc2c(c(CC3CCCCC3)c1)CCNC2. The van der Waals surface area contributed by atoms with Gasteiger partial charge in [-0.05, 0) is 87.0 Å². The van der Waals surface area contributed by atoms with Crippen LogP contribution >= 0.6 is 0 Å². The lowest BCUT2D eigenvalue weighted by Crippen LogP contribution is -2.27. The topological polar surface area (TPSA) is 24.5 Å². The van der Waals surface area contributed by atoms with Crippen LogP contribution in [0.15, 0.2) is 12.1 Å². The Balaban J connectivity index is 1.43. The van der Waals surface area contributed by atoms with Crippen molar-refractivity contribution in [2.45, 2.75) is 76.8 Å². The summed E-state index contributed by atoms with van der Waals surface area (Å²) >= 11 is 0. The molecule has 1 aromatic carbocycles. The Hall–Kier alpha value is -1.06. The minimum absolute atomic E-state index is 0.719. The standard InChI is InChI=1S/C23H36N2O/c1-25-12-5-8-21(25)10-13-26-22-15-19(14-18-6-3-2-4-7-18)23-9-11-24-17-20(23)16-22/h15-16,18,21,24H,2-14,17H2,1H3/t21-/m0/s1. The van der Waals surface area contributed by atoms with Crippen molar-refractivity contribution in [2.24, 2.45) is 5.92 Å². The Morgan fingerprint density at radius 3 is 2.81 bits per heavy atom. The van der Waals surface area contributed by atoms with Crippen LogP contribution in [0.4, 0.5) is 0 Å². The largest absolute Gasteiger partial charge is 0.494 e. The summed E-state index contributed by atoms with van der Waals surface area (Å²) in [5.74, 6) is 2.00. The van der Waals surface area contributed by atoms with E-state index in [4.69, 9.17) is 4.74 Å². The second-order valence-corrected chi connectivity index (χ2v) is 8.77. The van der Waals surface area contributed by atoms with Crippen LogP contribution in [0.2, 0.25) is 0 Å². The van der Waals surface area contributed by atoms with Crippen LogP contribution in [0.1, 0.15) is 68.1 Å². The normalized spacial score (nSPS) is 24.6. The van der Waals surface area contributed by atoms with Crippen LogP contribution in [0.5, 0.6) is 5.75 Å². The summed E-state index contributed by atoms with van der Waals surface area (Å²) in [6, 6.07) is 5.41. The first kappa shape index (κ1) is 18.3. The average molecular weight is 357 g/mol. The van der Waals surface area contributed by atoms with Gasteiger partial charge in [-0.25, -0.2) is 0 Å². The second-order valence-electron chi connectivity index (χ2n) is 8.77. The van der Waals surface area contributed by atoms with Crippen molar-refractivity contribution >= 4 is 0 Å². The average Bonchev–Trinajstić information content (AvgIpc) is 3.08. The van der Waals surface area contributed by atoms with Crippen LogP contribution in [-0.4, -0.2) is 37.7 Å². The summed E-state index contributed by atoms with van der Waals surface area (Å²) in [7, 11) is 2.25. The summed E-state index contributed by atoms with van der Waals surface area (Å²) in [4.78, 5) is 2.49. The summed E-state index contributed by atoms with van der Waals surface area (Å²) < 4.78 is 6.26. The monoisotopic (exact) mass is 356 g/mol. The third kappa shape index (κ3) is 4.43. The van der Waals surface area contributed by atoms with E-state index in [1.54, 1.807) is 11.1 Å². The number of benzene rings is 1. The van der Waals surface area contributed by atoms with Crippen molar-refractivity contribution < 1.29 is 4.74 Å². The predicted octanol–water partition coefficient (Wildman–Crippen LogP) is 4.32. The van der Waals surface area contributed by atoms with E-state index in [2.05, 4.69) is 29.4 Å². The molecule has 1 aliphatic carbocycles. The Labute approximate surface area is 159 Å². The Kier molecular flexibility index (Phi) is 6.16. The Bertz CT molecular complexity index is 594. The number of fused-ring (bicyclic) bond motifs is 1. The highest BCUT2D eigenvalue weighted by molar-refractivity contribution is 5.44. The first-order chi connectivity index (χ1) is 12.8. The summed E-state index contributed by atoms with van der Waals surface area (Å²) in [5, 5.41) is 3.54. The molecular weight excluding hydrogens is 320 g/mol. The molecule has 3 aliphatic rings. The number of likely N-dealkylation sites (tertiary alicyclic amines) is 1. The molecule has 26 heavy (non-hydrogen) atoms. The van der Waals surface area contributed by atoms with Gasteiger partial charge >= 0.3 is 0 Å². The molecule has 3 heteroatoms. The van der Waals surface area contributed by atoms with Gasteiger partial charge in [0.05, 0.1) is 6.61 Å². The number of hydrogen-bond donors (Lipinski definition) is 1. The lowest BCUT2D eigenvalue weighted by molar-refractivity contribution is 0.233. The summed E-state index contributed by atoms with van der Waals surface area (Å²) in [6.07, 6.45) is 13.4. The number of rotatable bonds is 6. The zero-order chi connectivity index (χ0) is 17.8. The summed E-state index contributed by atoms with van der Waals surface area (Å²) in [6.45, 7) is 4.24. The lowest BCUT2D eigenvalue weighted by Gasteiger charge is -2.26. The second kappa shape index (κ2) is 8.75. The molecule has 0 spiro atoms. The van der Waals surface area contributed by atoms with Gasteiger partial charge < -0.3 is 15.0 Å². The number of hydrogen-bond acceptors (Lipinski definition) is 3. The lowest BCUT2D eigenvalue weighted by atomic mass is 9.82. The van der Waals surface area contributed by atoms with E-state index in [1.807, 2.05) is 0 Å². The van der Waals surface area contributed by atoms with E-state index >= 15 is 0 Å². The molecule has 0 radical (unpaired) electrons. The molecule has 0 unspecified atom stereocenters. The van der Waals surface area contributed by atoms with Crippen molar-refractivity contribution in [3.63, 3.8) is 0 Å². The molecule has 2 fully saturated rings. The van der Waals surface area contributed by atoms with E-state index < -0.39 is 0 Å². The molecule has 1 atom stereocenters. The molecule has 1 aromatic rings. The molecule has 2 heterocycles. The molecule has 4 rings (SSSR count). The molecule has 144 valence electrons. The van der Waals surface area contributed by atoms with E-state index in [-0.39, 0.29) is 0 Å².